The lowest BCUT2D eigenvalue weighted by atomic mass is 10.1. The molecule has 0 unspecified atom stereocenters. The van der Waals surface area contributed by atoms with E-state index in [2.05, 4.69) is 15.5 Å². The van der Waals surface area contributed by atoms with Gasteiger partial charge in [0.05, 0.1) is 11.6 Å². The Kier molecular flexibility index (Phi) is 5.99. The summed E-state index contributed by atoms with van der Waals surface area (Å²) < 4.78 is 11.9. The van der Waals surface area contributed by atoms with Gasteiger partial charge in [0, 0.05) is 24.2 Å². The number of amides is 1. The Labute approximate surface area is 182 Å². The fourth-order valence-corrected chi connectivity index (χ4v) is 3.35. The molecule has 0 saturated heterocycles. The van der Waals surface area contributed by atoms with Crippen LogP contribution in [-0.4, -0.2) is 27.2 Å². The van der Waals surface area contributed by atoms with Gasteiger partial charge in [-0.3, -0.25) is 14.2 Å². The second-order valence-corrected chi connectivity index (χ2v) is 7.10. The summed E-state index contributed by atoms with van der Waals surface area (Å²) in [6.07, 6.45) is 1.43. The van der Waals surface area contributed by atoms with E-state index in [-0.39, 0.29) is 35.5 Å². The Morgan fingerprint density at radius 1 is 1.19 bits per heavy atom. The van der Waals surface area contributed by atoms with Gasteiger partial charge in [-0.05, 0) is 37.3 Å². The van der Waals surface area contributed by atoms with Crippen LogP contribution in [0.3, 0.4) is 0 Å². The van der Waals surface area contributed by atoms with E-state index in [9.17, 15) is 9.59 Å². The van der Waals surface area contributed by atoms with Gasteiger partial charge in [-0.25, -0.2) is 4.98 Å². The maximum absolute atomic E-state index is 13.0. The van der Waals surface area contributed by atoms with Crippen molar-refractivity contribution in [3.05, 3.63) is 70.2 Å². The fourth-order valence-electron chi connectivity index (χ4n) is 3.12. The number of rotatable bonds is 7. The van der Waals surface area contributed by atoms with Crippen LogP contribution >= 0.6 is 11.6 Å². The van der Waals surface area contributed by atoms with Gasteiger partial charge in [-0.15, -0.1) is 0 Å². The molecule has 2 heterocycles. The minimum absolute atomic E-state index is 0.0903. The van der Waals surface area contributed by atoms with Crippen LogP contribution in [0.5, 0.6) is 5.75 Å². The summed E-state index contributed by atoms with van der Waals surface area (Å²) in [6.45, 7) is 2.63. The van der Waals surface area contributed by atoms with Crippen molar-refractivity contribution in [1.82, 2.24) is 14.7 Å². The molecule has 158 valence electrons. The SMILES string of the molecule is CCOc1ccc(NC(=O)CCn2cnc3onc(-c4ccccc4Cl)c3c2=O)cc1. The molecule has 8 nitrogen and oxygen atoms in total. The van der Waals surface area contributed by atoms with E-state index in [4.69, 9.17) is 20.9 Å². The van der Waals surface area contributed by atoms with E-state index in [1.54, 1.807) is 48.5 Å². The molecule has 4 rings (SSSR count). The number of nitrogens with one attached hydrogen (secondary N) is 1. The van der Waals surface area contributed by atoms with E-state index in [0.717, 1.165) is 5.75 Å². The molecule has 1 N–H and O–H groups in total. The van der Waals surface area contributed by atoms with Crippen molar-refractivity contribution >= 4 is 34.3 Å². The van der Waals surface area contributed by atoms with Crippen molar-refractivity contribution < 1.29 is 14.1 Å². The number of halogens is 1. The highest BCUT2D eigenvalue weighted by molar-refractivity contribution is 6.33. The number of benzene rings is 2. The minimum Gasteiger partial charge on any atom is -0.494 e. The lowest BCUT2D eigenvalue weighted by molar-refractivity contribution is -0.116. The van der Waals surface area contributed by atoms with Gasteiger partial charge < -0.3 is 14.6 Å². The molecule has 4 aromatic rings. The number of aryl methyl sites for hydroxylation is 1. The van der Waals surface area contributed by atoms with Crippen molar-refractivity contribution in [3.8, 4) is 17.0 Å². The third-order valence-electron chi connectivity index (χ3n) is 4.62. The average Bonchev–Trinajstić information content (AvgIpc) is 3.20. The summed E-state index contributed by atoms with van der Waals surface area (Å²) in [4.78, 5) is 29.5. The summed E-state index contributed by atoms with van der Waals surface area (Å²) in [7, 11) is 0. The molecule has 2 aromatic carbocycles. The molecule has 0 saturated carbocycles. The molecular formula is C22H19ClN4O4. The summed E-state index contributed by atoms with van der Waals surface area (Å²) in [5, 5.41) is 7.45. The molecule has 0 aliphatic heterocycles. The van der Waals surface area contributed by atoms with Crippen molar-refractivity contribution in [1.29, 1.82) is 0 Å². The first-order valence-corrected chi connectivity index (χ1v) is 10.1. The molecule has 0 radical (unpaired) electrons. The number of carbonyl (C=O) groups excluding carboxylic acids is 1. The van der Waals surface area contributed by atoms with Gasteiger partial charge in [-0.1, -0.05) is 35.0 Å². The van der Waals surface area contributed by atoms with Crippen molar-refractivity contribution in [2.75, 3.05) is 11.9 Å². The molecule has 9 heteroatoms. The van der Waals surface area contributed by atoms with Crippen LogP contribution in [0.15, 0.2) is 64.2 Å². The number of ether oxygens (including phenoxy) is 1. The number of nitrogens with zero attached hydrogens (tertiary/aromatic N) is 3. The molecule has 0 bridgehead atoms. The molecular weight excluding hydrogens is 420 g/mol. The summed E-state index contributed by atoms with van der Waals surface area (Å²) in [5.41, 5.74) is 1.32. The number of carbonyl (C=O) groups is 1. The first-order valence-electron chi connectivity index (χ1n) is 9.69. The van der Waals surface area contributed by atoms with Crippen LogP contribution in [0.4, 0.5) is 5.69 Å². The average molecular weight is 439 g/mol. The monoisotopic (exact) mass is 438 g/mol. The van der Waals surface area contributed by atoms with Gasteiger partial charge in [0.25, 0.3) is 11.3 Å². The Balaban J connectivity index is 1.50. The second kappa shape index (κ2) is 9.01. The van der Waals surface area contributed by atoms with Crippen molar-refractivity contribution in [2.45, 2.75) is 19.9 Å². The van der Waals surface area contributed by atoms with Crippen LogP contribution in [0, 0.1) is 0 Å². The van der Waals surface area contributed by atoms with Gasteiger partial charge in [0.2, 0.25) is 5.91 Å². The predicted octanol–water partition coefficient (Wildman–Crippen LogP) is 4.13. The van der Waals surface area contributed by atoms with Crippen LogP contribution in [0.1, 0.15) is 13.3 Å². The number of hydrogen-bond acceptors (Lipinski definition) is 6. The predicted molar refractivity (Wildman–Crippen MR) is 117 cm³/mol. The maximum atomic E-state index is 13.0. The molecule has 0 atom stereocenters. The molecule has 2 aromatic heterocycles. The van der Waals surface area contributed by atoms with Crippen LogP contribution in [0.2, 0.25) is 5.02 Å². The third kappa shape index (κ3) is 4.44. The topological polar surface area (TPSA) is 99.2 Å². The quantitative estimate of drug-likeness (QED) is 0.465. The maximum Gasteiger partial charge on any atom is 0.266 e. The highest BCUT2D eigenvalue weighted by Gasteiger charge is 2.19. The smallest absolute Gasteiger partial charge is 0.266 e. The van der Waals surface area contributed by atoms with Gasteiger partial charge in [0.15, 0.2) is 0 Å². The number of anilines is 1. The zero-order chi connectivity index (χ0) is 21.8. The zero-order valence-corrected chi connectivity index (χ0v) is 17.4. The van der Waals surface area contributed by atoms with Gasteiger partial charge >= 0.3 is 0 Å². The largest absolute Gasteiger partial charge is 0.494 e. The Bertz CT molecular complexity index is 1280. The third-order valence-corrected chi connectivity index (χ3v) is 4.95. The van der Waals surface area contributed by atoms with E-state index in [1.165, 1.54) is 10.9 Å². The lowest BCUT2D eigenvalue weighted by Gasteiger charge is -2.08. The van der Waals surface area contributed by atoms with E-state index in [1.807, 2.05) is 6.92 Å². The Morgan fingerprint density at radius 2 is 1.97 bits per heavy atom. The summed E-state index contributed by atoms with van der Waals surface area (Å²) in [5.74, 6) is 0.502. The number of hydrogen-bond donors (Lipinski definition) is 1. The summed E-state index contributed by atoms with van der Waals surface area (Å²) >= 11 is 6.24. The summed E-state index contributed by atoms with van der Waals surface area (Å²) in [6, 6.07) is 14.1. The van der Waals surface area contributed by atoms with Crippen LogP contribution in [0.25, 0.3) is 22.4 Å². The number of fused-ring (bicyclic) bond motifs is 1. The highest BCUT2D eigenvalue weighted by Crippen LogP contribution is 2.30. The fraction of sp³-hybridized carbons (Fsp3) is 0.182. The highest BCUT2D eigenvalue weighted by atomic mass is 35.5. The first kappa shape index (κ1) is 20.6. The Hall–Kier alpha value is -3.65. The molecule has 0 spiro atoms. The first-order chi connectivity index (χ1) is 15.1. The lowest BCUT2D eigenvalue weighted by Crippen LogP contribution is -2.23. The molecule has 0 aliphatic carbocycles. The zero-order valence-electron chi connectivity index (χ0n) is 16.7. The van der Waals surface area contributed by atoms with E-state index in [0.29, 0.717) is 28.6 Å². The normalized spacial score (nSPS) is 10.9. The number of aromatic nitrogens is 3. The molecule has 31 heavy (non-hydrogen) atoms. The van der Waals surface area contributed by atoms with Crippen LogP contribution < -0.4 is 15.6 Å². The standard InChI is InChI=1S/C22H19ClN4O4/c1-2-30-15-9-7-14(8-10-15)25-18(28)11-12-27-13-24-21-19(22(27)29)20(26-31-21)16-5-3-4-6-17(16)23/h3-10,13H,2,11-12H2,1H3,(H,25,28). The van der Waals surface area contributed by atoms with E-state index >= 15 is 0 Å². The van der Waals surface area contributed by atoms with E-state index < -0.39 is 0 Å². The molecule has 0 fully saturated rings. The van der Waals surface area contributed by atoms with Crippen LogP contribution in [-0.2, 0) is 11.3 Å². The van der Waals surface area contributed by atoms with Gasteiger partial charge in [0.1, 0.15) is 23.2 Å². The minimum atomic E-state index is -0.352. The van der Waals surface area contributed by atoms with Crippen molar-refractivity contribution in [3.63, 3.8) is 0 Å². The molecule has 1 amide bonds. The second-order valence-electron chi connectivity index (χ2n) is 6.69. The Morgan fingerprint density at radius 3 is 2.71 bits per heavy atom. The van der Waals surface area contributed by atoms with Gasteiger partial charge in [-0.2, -0.15) is 0 Å². The van der Waals surface area contributed by atoms with Crippen molar-refractivity contribution in [2.24, 2.45) is 0 Å². The molecule has 0 aliphatic rings.